The van der Waals surface area contributed by atoms with E-state index in [4.69, 9.17) is 5.73 Å². The minimum absolute atomic E-state index is 0.00895. The number of amides is 3. The smallest absolute Gasteiger partial charge is 0.326 e. The molecule has 0 spiro atoms. The molecule has 0 aliphatic carbocycles. The van der Waals surface area contributed by atoms with Crippen molar-refractivity contribution in [2.45, 2.75) is 57.8 Å². The van der Waals surface area contributed by atoms with Gasteiger partial charge in [-0.05, 0) is 19.3 Å². The van der Waals surface area contributed by atoms with Crippen molar-refractivity contribution >= 4 is 23.7 Å². The van der Waals surface area contributed by atoms with Gasteiger partial charge < -0.3 is 36.9 Å². The minimum atomic E-state index is -1.33. The Morgan fingerprint density at radius 3 is 2.07 bits per heavy atom. The van der Waals surface area contributed by atoms with Crippen molar-refractivity contribution in [3.63, 3.8) is 0 Å². The maximum absolute atomic E-state index is 12.7. The monoisotopic (exact) mass is 426 g/mol. The SMILES string of the molecule is CC(C)CC(NC(=O)C(Cc1cnc[nH]1)NC(=O)C(CO)NC(=O)C(C)N)C(=O)O. The summed E-state index contributed by atoms with van der Waals surface area (Å²) in [6.45, 7) is 4.34. The van der Waals surface area contributed by atoms with Crippen LogP contribution in [0, 0.1) is 5.92 Å². The number of imidazole rings is 1. The minimum Gasteiger partial charge on any atom is -0.480 e. The number of aliphatic carboxylic acids is 1. The zero-order valence-corrected chi connectivity index (χ0v) is 17.2. The van der Waals surface area contributed by atoms with Crippen LogP contribution in [-0.2, 0) is 25.6 Å². The lowest BCUT2D eigenvalue weighted by Crippen LogP contribution is -2.58. The van der Waals surface area contributed by atoms with Crippen molar-refractivity contribution in [2.24, 2.45) is 11.7 Å². The molecular formula is C18H30N6O6. The van der Waals surface area contributed by atoms with Crippen molar-refractivity contribution in [3.8, 4) is 0 Å². The molecule has 1 aromatic heterocycles. The highest BCUT2D eigenvalue weighted by atomic mass is 16.4. The van der Waals surface area contributed by atoms with E-state index < -0.39 is 54.5 Å². The molecule has 4 atom stereocenters. The Balaban J connectivity index is 2.96. The van der Waals surface area contributed by atoms with Crippen LogP contribution in [0.25, 0.3) is 0 Å². The van der Waals surface area contributed by atoms with Gasteiger partial charge in [-0.3, -0.25) is 14.4 Å². The predicted molar refractivity (Wildman–Crippen MR) is 106 cm³/mol. The lowest BCUT2D eigenvalue weighted by molar-refractivity contribution is -0.142. The van der Waals surface area contributed by atoms with E-state index in [1.54, 1.807) is 0 Å². The van der Waals surface area contributed by atoms with Crippen LogP contribution in [-0.4, -0.2) is 74.6 Å². The number of nitrogens with one attached hydrogen (secondary N) is 4. The number of nitrogens with two attached hydrogens (primary N) is 1. The molecule has 0 aliphatic rings. The number of carbonyl (C=O) groups is 4. The average molecular weight is 426 g/mol. The average Bonchev–Trinajstić information content (AvgIpc) is 3.17. The van der Waals surface area contributed by atoms with Crippen LogP contribution in [0.3, 0.4) is 0 Å². The molecule has 0 saturated carbocycles. The highest BCUT2D eigenvalue weighted by molar-refractivity contribution is 5.94. The Kier molecular flexibility index (Phi) is 9.92. The van der Waals surface area contributed by atoms with Crippen LogP contribution >= 0.6 is 0 Å². The van der Waals surface area contributed by atoms with E-state index in [1.807, 2.05) is 13.8 Å². The van der Waals surface area contributed by atoms with Gasteiger partial charge in [-0.25, -0.2) is 9.78 Å². The first-order valence-corrected chi connectivity index (χ1v) is 9.52. The molecule has 1 aromatic rings. The Morgan fingerprint density at radius 2 is 1.60 bits per heavy atom. The molecule has 0 fully saturated rings. The van der Waals surface area contributed by atoms with Gasteiger partial charge >= 0.3 is 5.97 Å². The summed E-state index contributed by atoms with van der Waals surface area (Å²) >= 11 is 0. The second kappa shape index (κ2) is 11.9. The fourth-order valence-corrected chi connectivity index (χ4v) is 2.56. The summed E-state index contributed by atoms with van der Waals surface area (Å²) in [6.07, 6.45) is 3.04. The second-order valence-corrected chi connectivity index (χ2v) is 7.40. The van der Waals surface area contributed by atoms with Gasteiger partial charge in [-0.2, -0.15) is 0 Å². The molecular weight excluding hydrogens is 396 g/mol. The number of hydrogen-bond acceptors (Lipinski definition) is 7. The van der Waals surface area contributed by atoms with Crippen LogP contribution in [0.15, 0.2) is 12.5 Å². The lowest BCUT2D eigenvalue weighted by Gasteiger charge is -2.24. The number of nitrogens with zero attached hydrogens (tertiary/aromatic N) is 1. The zero-order chi connectivity index (χ0) is 22.8. The van der Waals surface area contributed by atoms with Crippen LogP contribution in [0.5, 0.6) is 0 Å². The Hall–Kier alpha value is -2.99. The number of H-pyrrole nitrogens is 1. The fourth-order valence-electron chi connectivity index (χ4n) is 2.56. The van der Waals surface area contributed by atoms with E-state index in [0.29, 0.717) is 5.69 Å². The summed E-state index contributed by atoms with van der Waals surface area (Å²) in [5.41, 5.74) is 5.97. The summed E-state index contributed by atoms with van der Waals surface area (Å²) < 4.78 is 0. The Morgan fingerprint density at radius 1 is 1.03 bits per heavy atom. The van der Waals surface area contributed by atoms with E-state index in [0.717, 1.165) is 0 Å². The number of hydrogen-bond donors (Lipinski definition) is 7. The van der Waals surface area contributed by atoms with E-state index in [-0.39, 0.29) is 18.8 Å². The largest absolute Gasteiger partial charge is 0.480 e. The Bertz CT molecular complexity index is 721. The molecule has 0 aliphatic heterocycles. The van der Waals surface area contributed by atoms with Crippen LogP contribution < -0.4 is 21.7 Å². The topological polar surface area (TPSA) is 200 Å². The number of carbonyl (C=O) groups excluding carboxylic acids is 3. The van der Waals surface area contributed by atoms with Crippen molar-refractivity contribution in [1.29, 1.82) is 0 Å². The number of carboxylic acid groups (broad SMARTS) is 1. The van der Waals surface area contributed by atoms with Crippen molar-refractivity contribution in [2.75, 3.05) is 6.61 Å². The van der Waals surface area contributed by atoms with Gasteiger partial charge in [0.15, 0.2) is 0 Å². The van der Waals surface area contributed by atoms with E-state index >= 15 is 0 Å². The fraction of sp³-hybridized carbons (Fsp3) is 0.611. The summed E-state index contributed by atoms with van der Waals surface area (Å²) in [4.78, 5) is 55.1. The summed E-state index contributed by atoms with van der Waals surface area (Å²) in [6, 6.07) is -4.53. The van der Waals surface area contributed by atoms with Crippen molar-refractivity contribution < 1.29 is 29.4 Å². The van der Waals surface area contributed by atoms with Gasteiger partial charge in [0.05, 0.1) is 19.0 Å². The highest BCUT2D eigenvalue weighted by Crippen LogP contribution is 2.07. The predicted octanol–water partition coefficient (Wildman–Crippen LogP) is -2.12. The molecule has 0 aromatic carbocycles. The number of aliphatic hydroxyl groups excluding tert-OH is 1. The molecule has 0 radical (unpaired) electrons. The summed E-state index contributed by atoms with van der Waals surface area (Å²) in [5, 5.41) is 25.9. The third kappa shape index (κ3) is 8.17. The van der Waals surface area contributed by atoms with Crippen LogP contribution in [0.4, 0.5) is 0 Å². The van der Waals surface area contributed by atoms with Gasteiger partial charge in [-0.1, -0.05) is 13.8 Å². The first kappa shape index (κ1) is 25.0. The molecule has 12 nitrogen and oxygen atoms in total. The summed E-state index contributed by atoms with van der Waals surface area (Å²) in [7, 11) is 0. The molecule has 4 unspecified atom stereocenters. The standard InChI is InChI=1S/C18H30N6O6/c1-9(2)4-13(18(29)30)23-16(27)12(5-11-6-20-8-21-11)22-17(28)14(7-25)24-15(26)10(3)19/h6,8-10,12-14,25H,4-5,7,19H2,1-3H3,(H,20,21)(H,22,28)(H,23,27)(H,24,26)(H,29,30). The maximum atomic E-state index is 12.7. The Labute approximate surface area is 174 Å². The third-order valence-corrected chi connectivity index (χ3v) is 4.16. The number of aromatic amines is 1. The molecule has 1 heterocycles. The molecule has 8 N–H and O–H groups in total. The lowest BCUT2D eigenvalue weighted by atomic mass is 10.0. The highest BCUT2D eigenvalue weighted by Gasteiger charge is 2.30. The maximum Gasteiger partial charge on any atom is 0.326 e. The summed E-state index contributed by atoms with van der Waals surface area (Å²) in [5.74, 6) is -3.37. The van der Waals surface area contributed by atoms with Gasteiger partial charge in [0.1, 0.15) is 18.1 Å². The number of aromatic nitrogens is 2. The van der Waals surface area contributed by atoms with Crippen LogP contribution in [0.1, 0.15) is 32.9 Å². The molecule has 1 rings (SSSR count). The van der Waals surface area contributed by atoms with Gasteiger partial charge in [0.2, 0.25) is 17.7 Å². The first-order chi connectivity index (χ1) is 14.0. The number of rotatable bonds is 12. The van der Waals surface area contributed by atoms with Crippen molar-refractivity contribution in [1.82, 2.24) is 25.9 Å². The van der Waals surface area contributed by atoms with E-state index in [2.05, 4.69) is 25.9 Å². The zero-order valence-electron chi connectivity index (χ0n) is 17.2. The number of carboxylic acids is 1. The molecule has 3 amide bonds. The molecule has 0 saturated heterocycles. The van der Waals surface area contributed by atoms with Crippen LogP contribution in [0.2, 0.25) is 0 Å². The number of aliphatic hydroxyl groups is 1. The van der Waals surface area contributed by atoms with Crippen molar-refractivity contribution in [3.05, 3.63) is 18.2 Å². The third-order valence-electron chi connectivity index (χ3n) is 4.16. The molecule has 0 bridgehead atoms. The van der Waals surface area contributed by atoms with Gasteiger partial charge in [0.25, 0.3) is 0 Å². The second-order valence-electron chi connectivity index (χ2n) is 7.40. The first-order valence-electron chi connectivity index (χ1n) is 9.52. The van der Waals surface area contributed by atoms with E-state index in [9.17, 15) is 29.4 Å². The molecule has 12 heteroatoms. The quantitative estimate of drug-likeness (QED) is 0.196. The molecule has 30 heavy (non-hydrogen) atoms. The van der Waals surface area contributed by atoms with E-state index in [1.165, 1.54) is 19.4 Å². The normalized spacial score (nSPS) is 15.0. The molecule has 168 valence electrons. The van der Waals surface area contributed by atoms with Gasteiger partial charge in [0, 0.05) is 18.3 Å². The van der Waals surface area contributed by atoms with Gasteiger partial charge in [-0.15, -0.1) is 0 Å².